The van der Waals surface area contributed by atoms with Crippen molar-refractivity contribution in [3.8, 4) is 11.5 Å². The third-order valence-electron chi connectivity index (χ3n) is 4.49. The van der Waals surface area contributed by atoms with Crippen LogP contribution in [0.3, 0.4) is 0 Å². The third kappa shape index (κ3) is 6.94. The van der Waals surface area contributed by atoms with Gasteiger partial charge < -0.3 is 29.6 Å². The number of aryl methyl sites for hydroxylation is 1. The maximum absolute atomic E-state index is 12.3. The molecule has 0 saturated carbocycles. The van der Waals surface area contributed by atoms with Gasteiger partial charge in [0.05, 0.1) is 26.4 Å². The second-order valence-electron chi connectivity index (χ2n) is 6.70. The van der Waals surface area contributed by atoms with Crippen LogP contribution in [0.1, 0.15) is 38.1 Å². The fourth-order valence-electron chi connectivity index (χ4n) is 2.72. The summed E-state index contributed by atoms with van der Waals surface area (Å²) >= 11 is 1.22. The van der Waals surface area contributed by atoms with E-state index in [2.05, 4.69) is 10.6 Å². The predicted molar refractivity (Wildman–Crippen MR) is 121 cm³/mol. The number of hydrogen-bond acceptors (Lipinski definition) is 9. The Bertz CT molecular complexity index is 1030. The van der Waals surface area contributed by atoms with Crippen LogP contribution in [0.25, 0.3) is 0 Å². The Kier molecular flexibility index (Phi) is 9.22. The fourth-order valence-corrected chi connectivity index (χ4v) is 3.78. The molecule has 2 amide bonds. The number of ether oxygens (including phenoxy) is 4. The minimum absolute atomic E-state index is 0.201. The lowest BCUT2D eigenvalue weighted by atomic mass is 10.1. The van der Waals surface area contributed by atoms with E-state index >= 15 is 0 Å². The van der Waals surface area contributed by atoms with E-state index in [0.29, 0.717) is 22.1 Å². The summed E-state index contributed by atoms with van der Waals surface area (Å²) in [5.74, 6) is -1.68. The summed E-state index contributed by atoms with van der Waals surface area (Å²) in [4.78, 5) is 49.5. The molecule has 0 atom stereocenters. The Hall–Kier alpha value is -3.60. The molecule has 1 heterocycles. The highest BCUT2D eigenvalue weighted by Crippen LogP contribution is 2.33. The monoisotopic (exact) mass is 478 g/mol. The summed E-state index contributed by atoms with van der Waals surface area (Å²) in [6.45, 7) is 4.43. The molecular formula is C22H26N2O8S. The van der Waals surface area contributed by atoms with Gasteiger partial charge in [0.1, 0.15) is 23.0 Å². The number of thiophene rings is 1. The van der Waals surface area contributed by atoms with Gasteiger partial charge in [-0.25, -0.2) is 4.79 Å². The average molecular weight is 479 g/mol. The van der Waals surface area contributed by atoms with Gasteiger partial charge in [-0.2, -0.15) is 0 Å². The van der Waals surface area contributed by atoms with Crippen molar-refractivity contribution in [2.75, 3.05) is 39.3 Å². The Labute approximate surface area is 195 Å². The predicted octanol–water partition coefficient (Wildman–Crippen LogP) is 2.47. The highest BCUT2D eigenvalue weighted by atomic mass is 32.1. The molecule has 2 N–H and O–H groups in total. The summed E-state index contributed by atoms with van der Waals surface area (Å²) in [5, 5.41) is 5.30. The number of hydrogen-bond donors (Lipinski definition) is 2. The summed E-state index contributed by atoms with van der Waals surface area (Å²) < 4.78 is 20.2. The minimum Gasteiger partial charge on any atom is -0.497 e. The van der Waals surface area contributed by atoms with Crippen LogP contribution in [-0.2, 0) is 19.1 Å². The molecule has 0 spiro atoms. The number of benzene rings is 1. The summed E-state index contributed by atoms with van der Waals surface area (Å²) in [6, 6.07) is 4.58. The molecule has 1 aromatic carbocycles. The number of methoxy groups -OCH3 is 2. The number of nitrogens with one attached hydrogen (secondary N) is 2. The van der Waals surface area contributed by atoms with E-state index in [1.54, 1.807) is 19.9 Å². The molecule has 1 aromatic heterocycles. The molecule has 33 heavy (non-hydrogen) atoms. The smallest absolute Gasteiger partial charge is 0.341 e. The lowest BCUT2D eigenvalue weighted by Crippen LogP contribution is -2.32. The van der Waals surface area contributed by atoms with E-state index in [0.717, 1.165) is 4.88 Å². The molecule has 0 saturated heterocycles. The second-order valence-corrected chi connectivity index (χ2v) is 7.93. The van der Waals surface area contributed by atoms with Gasteiger partial charge in [0, 0.05) is 16.5 Å². The Balaban J connectivity index is 1.89. The lowest BCUT2D eigenvalue weighted by molar-refractivity contribution is -0.146. The zero-order chi connectivity index (χ0) is 24.5. The number of rotatable bonds is 10. The zero-order valence-corrected chi connectivity index (χ0v) is 19.8. The zero-order valence-electron chi connectivity index (χ0n) is 19.0. The van der Waals surface area contributed by atoms with Crippen LogP contribution in [0, 0.1) is 13.8 Å². The number of carbonyl (C=O) groups excluding carboxylic acids is 4. The fraction of sp³-hybridized carbons (Fsp3) is 0.364. The molecule has 0 aliphatic heterocycles. The molecule has 2 aromatic rings. The maximum atomic E-state index is 12.3. The van der Waals surface area contributed by atoms with Crippen molar-refractivity contribution in [3.05, 3.63) is 39.8 Å². The van der Waals surface area contributed by atoms with Gasteiger partial charge in [-0.15, -0.1) is 11.3 Å². The molecule has 0 aliphatic rings. The first-order valence-electron chi connectivity index (χ1n) is 9.93. The van der Waals surface area contributed by atoms with E-state index in [1.807, 2.05) is 6.92 Å². The van der Waals surface area contributed by atoms with Crippen LogP contribution < -0.4 is 20.1 Å². The van der Waals surface area contributed by atoms with Crippen molar-refractivity contribution >= 4 is 40.1 Å². The molecule has 2 rings (SSSR count). The van der Waals surface area contributed by atoms with Crippen LogP contribution in [0.2, 0.25) is 0 Å². The first-order chi connectivity index (χ1) is 15.7. The van der Waals surface area contributed by atoms with Crippen molar-refractivity contribution in [1.82, 2.24) is 5.32 Å². The quantitative estimate of drug-likeness (QED) is 0.498. The molecule has 0 unspecified atom stereocenters. The van der Waals surface area contributed by atoms with E-state index < -0.39 is 36.9 Å². The van der Waals surface area contributed by atoms with Gasteiger partial charge in [-0.3, -0.25) is 14.4 Å². The van der Waals surface area contributed by atoms with Crippen molar-refractivity contribution < 1.29 is 38.1 Å². The van der Waals surface area contributed by atoms with E-state index in [-0.39, 0.29) is 17.7 Å². The van der Waals surface area contributed by atoms with Crippen molar-refractivity contribution in [2.45, 2.75) is 20.8 Å². The lowest BCUT2D eigenvalue weighted by Gasteiger charge is -2.10. The van der Waals surface area contributed by atoms with Gasteiger partial charge in [0.25, 0.3) is 11.8 Å². The molecule has 0 aliphatic carbocycles. The maximum Gasteiger partial charge on any atom is 0.341 e. The number of amides is 2. The van der Waals surface area contributed by atoms with Crippen LogP contribution in [-0.4, -0.2) is 57.7 Å². The molecule has 0 radical (unpaired) electrons. The molecular weight excluding hydrogens is 452 g/mol. The molecule has 178 valence electrons. The second kappa shape index (κ2) is 11.9. The molecule has 11 heteroatoms. The third-order valence-corrected chi connectivity index (χ3v) is 5.61. The van der Waals surface area contributed by atoms with Gasteiger partial charge in [0.15, 0.2) is 6.61 Å². The van der Waals surface area contributed by atoms with Gasteiger partial charge in [-0.1, -0.05) is 0 Å². The van der Waals surface area contributed by atoms with Crippen molar-refractivity contribution in [2.24, 2.45) is 0 Å². The summed E-state index contributed by atoms with van der Waals surface area (Å²) in [7, 11) is 2.90. The SMILES string of the molecule is CCOC(=O)c1c(NC(=O)COC(=O)CNC(=O)c2cc(OC)cc(OC)c2)sc(C)c1C. The number of carbonyl (C=O) groups is 4. The highest BCUT2D eigenvalue weighted by Gasteiger charge is 2.22. The van der Waals surface area contributed by atoms with Gasteiger partial charge in [0.2, 0.25) is 0 Å². The van der Waals surface area contributed by atoms with Crippen LogP contribution in [0.4, 0.5) is 5.00 Å². The Morgan fingerprint density at radius 2 is 1.61 bits per heavy atom. The molecule has 0 fully saturated rings. The topological polar surface area (TPSA) is 129 Å². The van der Waals surface area contributed by atoms with E-state index in [1.165, 1.54) is 37.7 Å². The number of anilines is 1. The average Bonchev–Trinajstić information content (AvgIpc) is 3.08. The van der Waals surface area contributed by atoms with Gasteiger partial charge >= 0.3 is 11.9 Å². The summed E-state index contributed by atoms with van der Waals surface area (Å²) in [6.07, 6.45) is 0. The first kappa shape index (κ1) is 25.7. The van der Waals surface area contributed by atoms with Gasteiger partial charge in [-0.05, 0) is 38.5 Å². The standard InChI is InChI=1S/C22H26N2O8S/c1-6-31-22(28)19-12(2)13(3)33-21(19)24-17(25)11-32-18(26)10-23-20(27)14-7-15(29-4)9-16(8-14)30-5/h7-9H,6,10-11H2,1-5H3,(H,23,27)(H,24,25). The Morgan fingerprint density at radius 1 is 0.970 bits per heavy atom. The minimum atomic E-state index is -0.808. The van der Waals surface area contributed by atoms with Crippen molar-refractivity contribution in [3.63, 3.8) is 0 Å². The molecule has 10 nitrogen and oxygen atoms in total. The first-order valence-corrected chi connectivity index (χ1v) is 10.8. The summed E-state index contributed by atoms with van der Waals surface area (Å²) in [5.41, 5.74) is 1.22. The largest absolute Gasteiger partial charge is 0.497 e. The van der Waals surface area contributed by atoms with E-state index in [4.69, 9.17) is 18.9 Å². The van der Waals surface area contributed by atoms with Crippen LogP contribution in [0.15, 0.2) is 18.2 Å². The normalized spacial score (nSPS) is 10.2. The Morgan fingerprint density at radius 3 is 2.18 bits per heavy atom. The van der Waals surface area contributed by atoms with Crippen molar-refractivity contribution in [1.29, 1.82) is 0 Å². The number of esters is 2. The van der Waals surface area contributed by atoms with E-state index in [9.17, 15) is 19.2 Å². The molecule has 0 bridgehead atoms. The van der Waals surface area contributed by atoms with Crippen LogP contribution in [0.5, 0.6) is 11.5 Å². The highest BCUT2D eigenvalue weighted by molar-refractivity contribution is 7.16. The van der Waals surface area contributed by atoms with Crippen LogP contribution >= 0.6 is 11.3 Å².